The average molecular weight is 1460 g/mol. The molecular weight excluding hydrogens is 1350 g/mol. The number of unbranched alkanes of at least 4 members (excludes halogenated alkanes) is 1. The molecule has 41 heteroatoms. The Labute approximate surface area is 590 Å². The number of amides is 12. The molecule has 0 aliphatic heterocycles. The van der Waals surface area contributed by atoms with Gasteiger partial charge in [-0.3, -0.25) is 67.5 Å². The summed E-state index contributed by atoms with van der Waals surface area (Å²) in [4.78, 5) is 185. The number of carboxylic acid groups (broad SMARTS) is 1. The standard InChI is InChI=1S/C59H105N23O16S2/c1-29(83)43(81-50(91)38(18-22-63)75-46(87)34(10-7-23-70-57(66)67)74-52(93)39(26-42(65)85)78-54(95)40(27-99)79-45(86)32(64)25-30-12-14-31(84)15-13-30)55(96)77-37(17-21-62)49(90)72-33(9-5-6-19-60)47(88)80-41(28-100)53(94)76-36(16-20-61)48(89)73-35(11-8-24-71-58(68)69)51(92)82-44(56(97)98)59(2,3)4/h12-15,29,32-41,43-44,83-84,99-100H,5-11,16-28,60-64H2,1-4H3,(H2,65,85)(H,72,90)(H,73,89)(H,74,93)(H,75,87)(H,76,94)(H,77,96)(H,78,95)(H,79,86)(H,80,88)(H,81,91)(H,82,92)(H,97,98)(H4,66,67,70)(H4,68,69,71)/t29-,32+,33+,34+,35+,36+,37-,38+,39+,40+,41+,43+,44-/m1/s1. The molecule has 12 amide bonds. The second-order valence-corrected chi connectivity index (χ2v) is 25.1. The van der Waals surface area contributed by atoms with E-state index in [1.165, 1.54) is 24.3 Å². The number of rotatable bonds is 48. The fourth-order valence-corrected chi connectivity index (χ4v) is 9.90. The van der Waals surface area contributed by atoms with E-state index in [-0.39, 0.29) is 133 Å². The van der Waals surface area contributed by atoms with Crippen LogP contribution in [0.3, 0.4) is 0 Å². The van der Waals surface area contributed by atoms with Crippen LogP contribution in [0.1, 0.15) is 104 Å². The monoisotopic (exact) mass is 1460 g/mol. The number of aliphatic hydroxyl groups is 1. The summed E-state index contributed by atoms with van der Waals surface area (Å²) in [6.07, 6.45) is -3.10. The first-order valence-corrected chi connectivity index (χ1v) is 33.4. The van der Waals surface area contributed by atoms with Crippen molar-refractivity contribution in [1.29, 1.82) is 0 Å². The van der Waals surface area contributed by atoms with Crippen molar-refractivity contribution in [2.75, 3.05) is 50.8 Å². The SMILES string of the molecule is C[C@@H](O)[C@H](NC(=O)[C@H](CCN)NC(=O)[C@H](CCCN=C(N)N)NC(=O)[C@H](CC(N)=O)NC(=O)[C@H](CS)NC(=O)[C@@H](N)Cc1ccc(O)cc1)C(=O)N[C@H](CCN)C(=O)N[C@@H](CCCCN)C(=O)N[C@@H](CS)C(=O)N[C@@H](CCN)C(=O)N[C@@H](CCCN=C(N)N)C(=O)N[C@H](C(=O)O)C(C)(C)C. The topological polar surface area (TPSA) is 700 Å². The Hall–Kier alpha value is -8.87. The third-order valence-electron chi connectivity index (χ3n) is 14.9. The minimum absolute atomic E-state index is 0.00226. The number of nitrogens with zero attached hydrogens (tertiary/aromatic N) is 2. The van der Waals surface area contributed by atoms with Crippen LogP contribution in [0.4, 0.5) is 0 Å². The number of aliphatic carboxylic acids is 1. The third kappa shape index (κ3) is 33.8. The van der Waals surface area contributed by atoms with E-state index in [1.807, 2.05) is 0 Å². The average Bonchev–Trinajstić information content (AvgIpc) is 0.854. The molecule has 0 unspecified atom stereocenters. The summed E-state index contributed by atoms with van der Waals surface area (Å²) in [6, 6.07) is -12.4. The summed E-state index contributed by atoms with van der Waals surface area (Å²) < 4.78 is 0. The fourth-order valence-electron chi connectivity index (χ4n) is 9.39. The van der Waals surface area contributed by atoms with E-state index in [4.69, 9.17) is 57.3 Å². The zero-order valence-electron chi connectivity index (χ0n) is 56.7. The molecule has 0 aliphatic carbocycles. The molecule has 1 aromatic rings. The van der Waals surface area contributed by atoms with Crippen LogP contribution < -0.4 is 116 Å². The van der Waals surface area contributed by atoms with Crippen molar-refractivity contribution in [2.45, 2.75) is 183 Å². The zero-order valence-corrected chi connectivity index (χ0v) is 58.5. The van der Waals surface area contributed by atoms with E-state index in [9.17, 15) is 77.6 Å². The molecule has 1 aromatic carbocycles. The molecule has 0 bridgehead atoms. The number of carbonyl (C=O) groups is 13. The molecule has 0 heterocycles. The van der Waals surface area contributed by atoms with Crippen LogP contribution in [-0.2, 0) is 68.7 Å². The van der Waals surface area contributed by atoms with Gasteiger partial charge in [-0.2, -0.15) is 25.3 Å². The lowest BCUT2D eigenvalue weighted by Crippen LogP contribution is -2.62. The quantitative estimate of drug-likeness (QED) is 0.0125. The predicted molar refractivity (Wildman–Crippen MR) is 375 cm³/mol. The molecule has 34 N–H and O–H groups in total. The van der Waals surface area contributed by atoms with Crippen LogP contribution in [0, 0.1) is 5.41 Å². The van der Waals surface area contributed by atoms with E-state index in [0.29, 0.717) is 12.0 Å². The molecular formula is C59H105N23O16S2. The number of primary amides is 1. The minimum Gasteiger partial charge on any atom is -0.508 e. The van der Waals surface area contributed by atoms with Crippen LogP contribution in [0.5, 0.6) is 5.75 Å². The second-order valence-electron chi connectivity index (χ2n) is 24.4. The van der Waals surface area contributed by atoms with Crippen molar-refractivity contribution < 1.29 is 77.6 Å². The Bertz CT molecular complexity index is 2940. The number of thiol groups is 2. The van der Waals surface area contributed by atoms with Crippen LogP contribution in [0.15, 0.2) is 34.3 Å². The van der Waals surface area contributed by atoms with Crippen molar-refractivity contribution >= 4 is 114 Å². The normalized spacial score (nSPS) is 15.1. The van der Waals surface area contributed by atoms with Gasteiger partial charge in [-0.1, -0.05) is 32.9 Å². The maximum Gasteiger partial charge on any atom is 0.326 e. The van der Waals surface area contributed by atoms with Gasteiger partial charge in [-0.25, -0.2) is 4.79 Å². The fraction of sp³-hybridized carbons (Fsp3) is 0.644. The predicted octanol–water partition coefficient (Wildman–Crippen LogP) is -9.88. The van der Waals surface area contributed by atoms with Gasteiger partial charge in [0.25, 0.3) is 0 Å². The number of phenolic OH excluding ortho intramolecular Hbond substituents is 1. The van der Waals surface area contributed by atoms with Crippen molar-refractivity contribution in [1.82, 2.24) is 58.5 Å². The highest BCUT2D eigenvalue weighted by atomic mass is 32.1. The molecule has 0 saturated carbocycles. The molecule has 39 nitrogen and oxygen atoms in total. The lowest BCUT2D eigenvalue weighted by atomic mass is 9.86. The number of guanidine groups is 2. The zero-order chi connectivity index (χ0) is 76.0. The van der Waals surface area contributed by atoms with Crippen molar-refractivity contribution in [3.8, 4) is 5.75 Å². The summed E-state index contributed by atoms with van der Waals surface area (Å²) in [5.74, 6) is -14.7. The Morgan fingerprint density at radius 1 is 0.450 bits per heavy atom. The third-order valence-corrected chi connectivity index (χ3v) is 15.6. The van der Waals surface area contributed by atoms with Gasteiger partial charge in [0.2, 0.25) is 70.9 Å². The highest BCUT2D eigenvalue weighted by molar-refractivity contribution is 7.80. The second kappa shape index (κ2) is 46.5. The number of aliphatic hydroxyl groups excluding tert-OH is 1. The van der Waals surface area contributed by atoms with Gasteiger partial charge < -0.3 is 131 Å². The summed E-state index contributed by atoms with van der Waals surface area (Å²) in [5.41, 5.74) is 56.3. The number of hydrogen-bond acceptors (Lipinski definition) is 24. The molecule has 0 aromatic heterocycles. The van der Waals surface area contributed by atoms with E-state index in [0.717, 1.165) is 6.92 Å². The van der Waals surface area contributed by atoms with Gasteiger partial charge in [-0.05, 0) is 127 Å². The van der Waals surface area contributed by atoms with E-state index < -0.39 is 167 Å². The van der Waals surface area contributed by atoms with Gasteiger partial charge in [-0.15, -0.1) is 0 Å². The van der Waals surface area contributed by atoms with Crippen LogP contribution in [0.25, 0.3) is 0 Å². The number of phenols is 1. The largest absolute Gasteiger partial charge is 0.508 e. The van der Waals surface area contributed by atoms with E-state index >= 15 is 0 Å². The Morgan fingerprint density at radius 3 is 1.13 bits per heavy atom. The molecule has 0 aliphatic rings. The lowest BCUT2D eigenvalue weighted by Gasteiger charge is -2.30. The maximum atomic E-state index is 14.2. The highest BCUT2D eigenvalue weighted by Gasteiger charge is 2.39. The summed E-state index contributed by atoms with van der Waals surface area (Å²) >= 11 is 8.40. The van der Waals surface area contributed by atoms with Gasteiger partial charge in [0.05, 0.1) is 18.6 Å². The first-order valence-electron chi connectivity index (χ1n) is 32.2. The van der Waals surface area contributed by atoms with Gasteiger partial charge in [0.1, 0.15) is 72.2 Å². The van der Waals surface area contributed by atoms with Crippen LogP contribution in [0.2, 0.25) is 0 Å². The van der Waals surface area contributed by atoms with Gasteiger partial charge in [0, 0.05) is 24.6 Å². The molecule has 0 spiro atoms. The molecule has 564 valence electrons. The number of carbonyl (C=O) groups excluding carboxylic acids is 12. The van der Waals surface area contributed by atoms with E-state index in [2.05, 4.69) is 93.7 Å². The van der Waals surface area contributed by atoms with E-state index in [1.54, 1.807) is 20.8 Å². The molecule has 0 fully saturated rings. The number of nitrogens with one attached hydrogen (secondary N) is 11. The highest BCUT2D eigenvalue weighted by Crippen LogP contribution is 2.20. The summed E-state index contributed by atoms with van der Waals surface area (Å²) in [7, 11) is 0. The number of nitrogens with two attached hydrogens (primary N) is 10. The van der Waals surface area contributed by atoms with Crippen molar-refractivity contribution in [2.24, 2.45) is 72.7 Å². The number of carboxylic acids is 1. The Kier molecular flexibility index (Phi) is 41.4. The first-order chi connectivity index (χ1) is 47.0. The maximum absolute atomic E-state index is 14.2. The molecule has 13 atom stereocenters. The minimum atomic E-state index is -1.88. The number of benzene rings is 1. The molecule has 0 radical (unpaired) electrons. The Balaban J connectivity index is 3.46. The van der Waals surface area contributed by atoms with Crippen molar-refractivity contribution in [3.05, 3.63) is 29.8 Å². The number of aromatic hydroxyl groups is 1. The van der Waals surface area contributed by atoms with Gasteiger partial charge >= 0.3 is 5.97 Å². The first kappa shape index (κ1) is 89.1. The van der Waals surface area contributed by atoms with Crippen LogP contribution >= 0.6 is 25.3 Å². The number of aliphatic imine (C=N–C) groups is 2. The summed E-state index contributed by atoms with van der Waals surface area (Å²) in [6.45, 7) is 5.27. The smallest absolute Gasteiger partial charge is 0.326 e. The van der Waals surface area contributed by atoms with Crippen molar-refractivity contribution in [3.63, 3.8) is 0 Å². The molecule has 1 rings (SSSR count). The molecule has 0 saturated heterocycles. The lowest BCUT2D eigenvalue weighted by molar-refractivity contribution is -0.145. The Morgan fingerprint density at radius 2 is 0.780 bits per heavy atom. The summed E-state index contributed by atoms with van der Waals surface area (Å²) in [5, 5.41) is 57.3. The van der Waals surface area contributed by atoms with Gasteiger partial charge in [0.15, 0.2) is 11.9 Å². The number of hydrogen-bond donors (Lipinski definition) is 26. The van der Waals surface area contributed by atoms with Crippen LogP contribution in [-0.4, -0.2) is 233 Å². The molecule has 100 heavy (non-hydrogen) atoms.